The molecule has 5 nitrogen and oxygen atoms in total. The second-order valence-corrected chi connectivity index (χ2v) is 8.18. The smallest absolute Gasteiger partial charge is 0.191 e. The summed E-state index contributed by atoms with van der Waals surface area (Å²) in [6, 6.07) is 8.95. The fourth-order valence-corrected chi connectivity index (χ4v) is 4.02. The van der Waals surface area contributed by atoms with Crippen LogP contribution in [0.4, 0.5) is 0 Å². The molecule has 3 rings (SSSR count). The molecule has 0 aliphatic carbocycles. The molecule has 6 heteroatoms. The Hall–Kier alpha value is -1.92. The Morgan fingerprint density at radius 2 is 1.85 bits per heavy atom. The van der Waals surface area contributed by atoms with Gasteiger partial charge in [0.1, 0.15) is 0 Å². The highest BCUT2D eigenvalue weighted by Gasteiger charge is 2.10. The van der Waals surface area contributed by atoms with E-state index in [0.717, 1.165) is 42.7 Å². The Morgan fingerprint density at radius 3 is 2.52 bits per heavy atom. The lowest BCUT2D eigenvalue weighted by molar-refractivity contribution is 0.221. The summed E-state index contributed by atoms with van der Waals surface area (Å²) in [5, 5.41) is 9.99. The second-order valence-electron chi connectivity index (χ2n) is 7.11. The highest BCUT2D eigenvalue weighted by atomic mass is 32.1. The molecule has 0 amide bonds. The van der Waals surface area contributed by atoms with E-state index >= 15 is 0 Å². The number of benzene rings is 1. The number of nitrogens with one attached hydrogen (secondary N) is 2. The van der Waals surface area contributed by atoms with E-state index in [0.29, 0.717) is 0 Å². The molecule has 2 heterocycles. The van der Waals surface area contributed by atoms with Crippen molar-refractivity contribution in [2.24, 2.45) is 4.99 Å². The number of hydrogen-bond donors (Lipinski definition) is 2. The van der Waals surface area contributed by atoms with E-state index in [4.69, 9.17) is 0 Å². The number of hydrogen-bond acceptors (Lipinski definition) is 4. The first kappa shape index (κ1) is 19.8. The number of piperidine rings is 1. The summed E-state index contributed by atoms with van der Waals surface area (Å²) in [4.78, 5) is 11.4. The van der Waals surface area contributed by atoms with Crippen molar-refractivity contribution in [1.82, 2.24) is 20.5 Å². The minimum Gasteiger partial charge on any atom is -0.356 e. The number of aryl methyl sites for hydroxylation is 1. The molecule has 0 saturated carbocycles. The molecule has 1 fully saturated rings. The summed E-state index contributed by atoms with van der Waals surface area (Å²) in [6.07, 6.45) is 4.99. The van der Waals surface area contributed by atoms with Crippen LogP contribution in [0.1, 0.15) is 41.1 Å². The van der Waals surface area contributed by atoms with Crippen molar-refractivity contribution in [3.05, 3.63) is 51.5 Å². The Bertz CT molecular complexity index is 716. The molecule has 0 unspecified atom stereocenters. The second kappa shape index (κ2) is 10.4. The average Bonchev–Trinajstić information content (AvgIpc) is 3.11. The highest BCUT2D eigenvalue weighted by Crippen LogP contribution is 2.13. The van der Waals surface area contributed by atoms with Crippen LogP contribution < -0.4 is 10.6 Å². The summed E-state index contributed by atoms with van der Waals surface area (Å²) in [5.41, 5.74) is 3.82. The van der Waals surface area contributed by atoms with Gasteiger partial charge in [0, 0.05) is 38.5 Å². The summed E-state index contributed by atoms with van der Waals surface area (Å²) < 4.78 is 0. The normalized spacial score (nSPS) is 15.7. The number of aromatic nitrogens is 1. The van der Waals surface area contributed by atoms with Crippen LogP contribution in [0.5, 0.6) is 0 Å². The molecule has 1 aliphatic heterocycles. The van der Waals surface area contributed by atoms with Gasteiger partial charge < -0.3 is 10.6 Å². The summed E-state index contributed by atoms with van der Waals surface area (Å²) in [5.74, 6) is 0.833. The third-order valence-electron chi connectivity index (χ3n) is 4.90. The van der Waals surface area contributed by atoms with E-state index in [1.165, 1.54) is 43.5 Å². The zero-order chi connectivity index (χ0) is 18.9. The van der Waals surface area contributed by atoms with Crippen LogP contribution in [0.25, 0.3) is 0 Å². The van der Waals surface area contributed by atoms with Gasteiger partial charge >= 0.3 is 0 Å². The van der Waals surface area contributed by atoms with Crippen LogP contribution in [-0.4, -0.2) is 42.5 Å². The summed E-state index contributed by atoms with van der Waals surface area (Å²) >= 11 is 1.70. The molecule has 1 aromatic heterocycles. The van der Waals surface area contributed by atoms with Crippen molar-refractivity contribution >= 4 is 17.3 Å². The quantitative estimate of drug-likeness (QED) is 0.567. The topological polar surface area (TPSA) is 52.6 Å². The lowest BCUT2D eigenvalue weighted by atomic mass is 10.1. The Labute approximate surface area is 166 Å². The molecule has 0 spiro atoms. The number of guanidine groups is 1. The van der Waals surface area contributed by atoms with Gasteiger partial charge in [-0.15, -0.1) is 11.3 Å². The van der Waals surface area contributed by atoms with Crippen LogP contribution in [0.2, 0.25) is 0 Å². The first-order valence-corrected chi connectivity index (χ1v) is 10.8. The third-order valence-corrected chi connectivity index (χ3v) is 5.72. The molecule has 0 bridgehead atoms. The Morgan fingerprint density at radius 1 is 1.11 bits per heavy atom. The molecular weight excluding hydrogens is 354 g/mol. The number of likely N-dealkylation sites (tertiary alicyclic amines) is 1. The predicted molar refractivity (Wildman–Crippen MR) is 114 cm³/mol. The van der Waals surface area contributed by atoms with E-state index in [-0.39, 0.29) is 0 Å². The molecular formula is C21H31N5S. The molecule has 0 radical (unpaired) electrons. The van der Waals surface area contributed by atoms with Crippen LogP contribution in [0, 0.1) is 6.92 Å². The first-order valence-electron chi connectivity index (χ1n) is 9.88. The molecule has 0 atom stereocenters. The molecule has 2 N–H and O–H groups in total. The molecule has 146 valence electrons. The van der Waals surface area contributed by atoms with Gasteiger partial charge in [0.15, 0.2) is 5.96 Å². The van der Waals surface area contributed by atoms with Crippen molar-refractivity contribution < 1.29 is 0 Å². The van der Waals surface area contributed by atoms with Crippen molar-refractivity contribution in [3.63, 3.8) is 0 Å². The maximum atomic E-state index is 4.49. The van der Waals surface area contributed by atoms with Crippen molar-refractivity contribution in [3.8, 4) is 0 Å². The maximum absolute atomic E-state index is 4.49. The highest BCUT2D eigenvalue weighted by molar-refractivity contribution is 7.09. The van der Waals surface area contributed by atoms with Crippen LogP contribution >= 0.6 is 11.3 Å². The van der Waals surface area contributed by atoms with Gasteiger partial charge in [-0.1, -0.05) is 30.7 Å². The van der Waals surface area contributed by atoms with Crippen molar-refractivity contribution in [1.29, 1.82) is 0 Å². The van der Waals surface area contributed by atoms with Gasteiger partial charge in [0.25, 0.3) is 0 Å². The van der Waals surface area contributed by atoms with Gasteiger partial charge in [0.2, 0.25) is 0 Å². The number of nitrogens with zero attached hydrogens (tertiary/aromatic N) is 3. The van der Waals surface area contributed by atoms with Gasteiger partial charge in [-0.25, -0.2) is 4.98 Å². The van der Waals surface area contributed by atoms with Crippen LogP contribution in [-0.2, 0) is 19.5 Å². The Balaban J connectivity index is 1.39. The van der Waals surface area contributed by atoms with Gasteiger partial charge in [0.05, 0.1) is 10.7 Å². The SMILES string of the molecule is CN=C(NCCc1csc(C)n1)NCc1ccc(CN2CCCCC2)cc1. The van der Waals surface area contributed by atoms with E-state index in [1.807, 2.05) is 14.0 Å². The molecule has 1 aromatic carbocycles. The maximum Gasteiger partial charge on any atom is 0.191 e. The van der Waals surface area contributed by atoms with Gasteiger partial charge in [-0.3, -0.25) is 9.89 Å². The summed E-state index contributed by atoms with van der Waals surface area (Å²) in [6.45, 7) is 7.21. The van der Waals surface area contributed by atoms with E-state index in [2.05, 4.69) is 55.2 Å². The largest absolute Gasteiger partial charge is 0.356 e. The van der Waals surface area contributed by atoms with Crippen LogP contribution in [0.3, 0.4) is 0 Å². The number of aliphatic imine (C=N–C) groups is 1. The number of rotatable bonds is 7. The predicted octanol–water partition coefficient (Wildman–Crippen LogP) is 3.35. The van der Waals surface area contributed by atoms with E-state index in [1.54, 1.807) is 11.3 Å². The van der Waals surface area contributed by atoms with Crippen LogP contribution in [0.15, 0.2) is 34.6 Å². The molecule has 2 aromatic rings. The zero-order valence-corrected chi connectivity index (χ0v) is 17.3. The van der Waals surface area contributed by atoms with Crippen molar-refractivity contribution in [2.45, 2.75) is 45.7 Å². The summed E-state index contributed by atoms with van der Waals surface area (Å²) in [7, 11) is 1.81. The van der Waals surface area contributed by atoms with Crippen molar-refractivity contribution in [2.75, 3.05) is 26.7 Å². The van der Waals surface area contributed by atoms with Gasteiger partial charge in [-0.2, -0.15) is 0 Å². The fourth-order valence-electron chi connectivity index (χ4n) is 3.38. The fraction of sp³-hybridized carbons (Fsp3) is 0.524. The monoisotopic (exact) mass is 385 g/mol. The standard InChI is InChI=1S/C21H31N5S/c1-17-25-20(16-27-17)10-11-23-21(22-2)24-14-18-6-8-19(9-7-18)15-26-12-4-3-5-13-26/h6-9,16H,3-5,10-15H2,1-2H3,(H2,22,23,24). The molecule has 27 heavy (non-hydrogen) atoms. The first-order chi connectivity index (χ1) is 13.2. The number of thiazole rings is 1. The lowest BCUT2D eigenvalue weighted by Gasteiger charge is -2.26. The lowest BCUT2D eigenvalue weighted by Crippen LogP contribution is -2.37. The average molecular weight is 386 g/mol. The third kappa shape index (κ3) is 6.63. The van der Waals surface area contributed by atoms with E-state index in [9.17, 15) is 0 Å². The molecule has 1 aliphatic rings. The zero-order valence-electron chi connectivity index (χ0n) is 16.5. The van der Waals surface area contributed by atoms with E-state index < -0.39 is 0 Å². The minimum atomic E-state index is 0.777. The minimum absolute atomic E-state index is 0.777. The Kier molecular flexibility index (Phi) is 7.66. The van der Waals surface area contributed by atoms with Gasteiger partial charge in [-0.05, 0) is 44.0 Å². The molecule has 1 saturated heterocycles.